The van der Waals surface area contributed by atoms with Crippen LogP contribution in [0.4, 0.5) is 5.69 Å². The van der Waals surface area contributed by atoms with Gasteiger partial charge in [-0.2, -0.15) is 0 Å². The fourth-order valence-electron chi connectivity index (χ4n) is 2.00. The Labute approximate surface area is 124 Å². The van der Waals surface area contributed by atoms with E-state index in [1.165, 1.54) is 27.6 Å². The van der Waals surface area contributed by atoms with Gasteiger partial charge in [0.15, 0.2) is 0 Å². The number of anilines is 1. The number of carbonyl (C=O) groups is 1. The van der Waals surface area contributed by atoms with Gasteiger partial charge in [0, 0.05) is 5.69 Å². The van der Waals surface area contributed by atoms with E-state index in [1.54, 1.807) is 24.3 Å². The van der Waals surface area contributed by atoms with Gasteiger partial charge in [-0.25, -0.2) is 0 Å². The van der Waals surface area contributed by atoms with Crippen molar-refractivity contribution in [3.8, 4) is 5.75 Å². The molecule has 0 unspecified atom stereocenters. The number of phenols is 1. The fourth-order valence-corrected chi connectivity index (χ4v) is 2.99. The highest BCUT2D eigenvalue weighted by molar-refractivity contribution is 7.13. The molecule has 1 heterocycles. The van der Waals surface area contributed by atoms with E-state index in [0.29, 0.717) is 11.1 Å². The van der Waals surface area contributed by atoms with Gasteiger partial charge in [0.2, 0.25) is 5.91 Å². The van der Waals surface area contributed by atoms with Gasteiger partial charge in [-0.05, 0) is 36.4 Å². The monoisotopic (exact) mass is 300 g/mol. The number of nitrogens with zero attached hydrogens (tertiary/aromatic N) is 1. The van der Waals surface area contributed by atoms with Crippen molar-refractivity contribution in [2.75, 3.05) is 5.32 Å². The molecule has 3 rings (SSSR count). The van der Waals surface area contributed by atoms with E-state index >= 15 is 0 Å². The second-order valence-corrected chi connectivity index (χ2v) is 5.59. The Hall–Kier alpha value is -2.60. The number of nitrogens with one attached hydrogen (secondary N) is 1. The highest BCUT2D eigenvalue weighted by atomic mass is 32.1. The van der Waals surface area contributed by atoms with Crippen molar-refractivity contribution in [2.24, 2.45) is 0 Å². The lowest BCUT2D eigenvalue weighted by molar-refractivity contribution is -0.116. The van der Waals surface area contributed by atoms with Crippen LogP contribution in [0.3, 0.4) is 0 Å². The molecule has 0 aliphatic heterocycles. The third-order valence-corrected chi connectivity index (χ3v) is 4.06. The first-order valence-electron chi connectivity index (χ1n) is 6.31. The molecule has 0 bridgehead atoms. The fraction of sp³-hybridized carbons (Fsp3) is 0.0667. The van der Waals surface area contributed by atoms with E-state index in [9.17, 15) is 14.7 Å². The van der Waals surface area contributed by atoms with E-state index in [1.807, 2.05) is 12.1 Å². The first-order valence-corrected chi connectivity index (χ1v) is 7.08. The topological polar surface area (TPSA) is 71.3 Å². The van der Waals surface area contributed by atoms with Crippen LogP contribution >= 0.6 is 11.5 Å². The molecule has 2 aromatic carbocycles. The Morgan fingerprint density at radius 2 is 1.86 bits per heavy atom. The Morgan fingerprint density at radius 1 is 1.14 bits per heavy atom. The number of aromatic hydroxyl groups is 1. The number of carbonyl (C=O) groups excluding carboxylic acids is 1. The summed E-state index contributed by atoms with van der Waals surface area (Å²) in [6.07, 6.45) is 0. The first-order chi connectivity index (χ1) is 10.1. The van der Waals surface area contributed by atoms with Crippen LogP contribution in [0.1, 0.15) is 0 Å². The molecule has 0 fully saturated rings. The number of aromatic nitrogens is 1. The predicted molar refractivity (Wildman–Crippen MR) is 82.8 cm³/mol. The minimum atomic E-state index is -0.283. The maximum absolute atomic E-state index is 12.1. The van der Waals surface area contributed by atoms with Gasteiger partial charge in [-0.15, -0.1) is 0 Å². The number of amides is 1. The smallest absolute Gasteiger partial charge is 0.268 e. The Bertz CT molecular complexity index is 849. The molecular weight excluding hydrogens is 288 g/mol. The molecular formula is C15H12N2O3S. The zero-order valence-electron chi connectivity index (χ0n) is 10.9. The van der Waals surface area contributed by atoms with Crippen LogP contribution in [0.25, 0.3) is 10.1 Å². The first kappa shape index (κ1) is 13.4. The average molecular weight is 300 g/mol. The van der Waals surface area contributed by atoms with Crippen LogP contribution in [0.15, 0.2) is 53.3 Å². The summed E-state index contributed by atoms with van der Waals surface area (Å²) in [6, 6.07) is 13.4. The minimum absolute atomic E-state index is 0.0287. The van der Waals surface area contributed by atoms with E-state index in [2.05, 4.69) is 5.32 Å². The van der Waals surface area contributed by atoms with Gasteiger partial charge in [-0.3, -0.25) is 13.5 Å². The molecule has 1 amide bonds. The number of fused-ring (bicyclic) bond motifs is 1. The molecule has 0 saturated carbocycles. The third-order valence-electron chi connectivity index (χ3n) is 2.99. The van der Waals surface area contributed by atoms with Crippen molar-refractivity contribution in [1.29, 1.82) is 0 Å². The van der Waals surface area contributed by atoms with Gasteiger partial charge in [0.25, 0.3) is 5.56 Å². The molecule has 0 saturated heterocycles. The molecule has 3 aromatic rings. The van der Waals surface area contributed by atoms with Crippen LogP contribution in [0.5, 0.6) is 5.75 Å². The summed E-state index contributed by atoms with van der Waals surface area (Å²) >= 11 is 1.27. The molecule has 1 aromatic heterocycles. The van der Waals surface area contributed by atoms with Gasteiger partial charge in [-0.1, -0.05) is 23.7 Å². The summed E-state index contributed by atoms with van der Waals surface area (Å²) < 4.78 is 2.29. The Balaban J connectivity index is 1.78. The molecule has 0 aliphatic rings. The van der Waals surface area contributed by atoms with Crippen molar-refractivity contribution in [1.82, 2.24) is 3.96 Å². The quantitative estimate of drug-likeness (QED) is 0.730. The van der Waals surface area contributed by atoms with Crippen molar-refractivity contribution in [3.05, 3.63) is 58.9 Å². The lowest BCUT2D eigenvalue weighted by Gasteiger charge is -2.04. The zero-order valence-corrected chi connectivity index (χ0v) is 11.8. The maximum atomic E-state index is 12.1. The SMILES string of the molecule is O=C(Cn1sc2ccccc2c1=O)Nc1ccc(O)cc1. The van der Waals surface area contributed by atoms with E-state index in [0.717, 1.165) is 4.70 Å². The van der Waals surface area contributed by atoms with E-state index < -0.39 is 0 Å². The van der Waals surface area contributed by atoms with Crippen molar-refractivity contribution in [2.45, 2.75) is 6.54 Å². The van der Waals surface area contributed by atoms with Crippen LogP contribution in [-0.2, 0) is 11.3 Å². The second kappa shape index (κ2) is 5.41. The Morgan fingerprint density at radius 3 is 2.57 bits per heavy atom. The summed E-state index contributed by atoms with van der Waals surface area (Å²) in [5.41, 5.74) is 0.420. The van der Waals surface area contributed by atoms with E-state index in [4.69, 9.17) is 0 Å². The largest absolute Gasteiger partial charge is 0.508 e. The predicted octanol–water partition coefficient (Wildman–Crippen LogP) is 2.41. The number of rotatable bonds is 3. The molecule has 106 valence electrons. The van der Waals surface area contributed by atoms with Gasteiger partial charge >= 0.3 is 0 Å². The van der Waals surface area contributed by atoms with Crippen LogP contribution in [0, 0.1) is 0 Å². The molecule has 0 spiro atoms. The van der Waals surface area contributed by atoms with Crippen LogP contribution < -0.4 is 10.9 Å². The summed E-state index contributed by atoms with van der Waals surface area (Å²) in [7, 11) is 0. The lowest BCUT2D eigenvalue weighted by Crippen LogP contribution is -2.23. The lowest BCUT2D eigenvalue weighted by atomic mass is 10.3. The molecule has 21 heavy (non-hydrogen) atoms. The number of phenolic OH excluding ortho intramolecular Hbond substituents is 1. The molecule has 5 nitrogen and oxygen atoms in total. The second-order valence-electron chi connectivity index (χ2n) is 4.52. The standard InChI is InChI=1S/C15H12N2O3S/c18-11-7-5-10(6-8-11)16-14(19)9-17-15(20)12-3-1-2-4-13(12)21-17/h1-8,18H,9H2,(H,16,19). The number of hydrogen-bond donors (Lipinski definition) is 2. The normalized spacial score (nSPS) is 10.7. The summed E-state index contributed by atoms with van der Waals surface area (Å²) in [6.45, 7) is -0.0287. The summed E-state index contributed by atoms with van der Waals surface area (Å²) in [5, 5.41) is 12.5. The summed E-state index contributed by atoms with van der Waals surface area (Å²) in [5.74, 6) is -0.150. The van der Waals surface area contributed by atoms with Gasteiger partial charge < -0.3 is 10.4 Å². The maximum Gasteiger partial charge on any atom is 0.268 e. The molecule has 6 heteroatoms. The zero-order chi connectivity index (χ0) is 14.8. The average Bonchev–Trinajstić information content (AvgIpc) is 2.78. The molecule has 0 aliphatic carbocycles. The van der Waals surface area contributed by atoms with Crippen LogP contribution in [0.2, 0.25) is 0 Å². The minimum Gasteiger partial charge on any atom is -0.508 e. The summed E-state index contributed by atoms with van der Waals surface area (Å²) in [4.78, 5) is 24.1. The van der Waals surface area contributed by atoms with Crippen molar-refractivity contribution >= 4 is 33.2 Å². The number of hydrogen-bond acceptors (Lipinski definition) is 4. The third kappa shape index (κ3) is 2.80. The molecule has 0 radical (unpaired) electrons. The van der Waals surface area contributed by atoms with Crippen molar-refractivity contribution in [3.63, 3.8) is 0 Å². The van der Waals surface area contributed by atoms with Gasteiger partial charge in [0.05, 0.1) is 10.1 Å². The van der Waals surface area contributed by atoms with Crippen LogP contribution in [-0.4, -0.2) is 15.0 Å². The number of benzene rings is 2. The van der Waals surface area contributed by atoms with Gasteiger partial charge in [0.1, 0.15) is 12.3 Å². The van der Waals surface area contributed by atoms with Crippen molar-refractivity contribution < 1.29 is 9.90 Å². The van der Waals surface area contributed by atoms with E-state index in [-0.39, 0.29) is 23.8 Å². The molecule has 2 N–H and O–H groups in total. The Kier molecular flexibility index (Phi) is 3.45. The highest BCUT2D eigenvalue weighted by Gasteiger charge is 2.10. The highest BCUT2D eigenvalue weighted by Crippen LogP contribution is 2.16. The molecule has 0 atom stereocenters.